The Hall–Kier alpha value is -1.82. The van der Waals surface area contributed by atoms with Crippen molar-refractivity contribution in [1.29, 1.82) is 0 Å². The van der Waals surface area contributed by atoms with Crippen molar-refractivity contribution >= 4 is 5.97 Å². The molecule has 2 unspecified atom stereocenters. The smallest absolute Gasteiger partial charge is 0.344 e. The summed E-state index contributed by atoms with van der Waals surface area (Å²) in [6.07, 6.45) is -2.18. The summed E-state index contributed by atoms with van der Waals surface area (Å²) in [5.41, 5.74) is -1.77. The molecule has 0 saturated carbocycles. The van der Waals surface area contributed by atoms with Gasteiger partial charge in [-0.05, 0) is 31.5 Å². The van der Waals surface area contributed by atoms with Gasteiger partial charge in [0.15, 0.2) is 11.5 Å². The summed E-state index contributed by atoms with van der Waals surface area (Å²) in [6, 6.07) is 4.55. The van der Waals surface area contributed by atoms with Crippen LogP contribution in [0.3, 0.4) is 0 Å². The molecule has 0 spiro atoms. The molecule has 1 aliphatic rings. The summed E-state index contributed by atoms with van der Waals surface area (Å²) >= 11 is 0. The summed E-state index contributed by atoms with van der Waals surface area (Å²) in [4.78, 5) is 11.4. The number of carbonyl (C=O) groups is 1. The Morgan fingerprint density at radius 3 is 2.75 bits per heavy atom. The summed E-state index contributed by atoms with van der Waals surface area (Å²) in [6.45, 7) is 3.67. The van der Waals surface area contributed by atoms with Gasteiger partial charge in [-0.3, -0.25) is 0 Å². The van der Waals surface area contributed by atoms with E-state index >= 15 is 0 Å². The lowest BCUT2D eigenvalue weighted by molar-refractivity contribution is -0.160. The average molecular weight is 284 g/mol. The van der Waals surface area contributed by atoms with Gasteiger partial charge in [0, 0.05) is 0 Å². The molecule has 1 aromatic rings. The molecule has 1 N–H and O–H groups in total. The van der Waals surface area contributed by atoms with Crippen molar-refractivity contribution in [2.24, 2.45) is 0 Å². The minimum absolute atomic E-state index is 0.0521. The van der Waals surface area contributed by atoms with Gasteiger partial charge in [-0.25, -0.2) is 9.18 Å². The van der Waals surface area contributed by atoms with Gasteiger partial charge in [0.2, 0.25) is 6.17 Å². The second-order valence-corrected chi connectivity index (χ2v) is 4.62. The Kier molecular flexibility index (Phi) is 4.13. The molecule has 20 heavy (non-hydrogen) atoms. The number of alkyl halides is 1. The van der Waals surface area contributed by atoms with Gasteiger partial charge in [-0.2, -0.15) is 0 Å². The maximum Gasteiger partial charge on any atom is 0.344 e. The first kappa shape index (κ1) is 14.6. The fourth-order valence-corrected chi connectivity index (χ4v) is 1.95. The molecular formula is C14H17FO5. The molecule has 6 heteroatoms. The first-order chi connectivity index (χ1) is 9.46. The normalized spacial score (nSPS) is 18.0. The van der Waals surface area contributed by atoms with Crippen LogP contribution in [0, 0.1) is 0 Å². The van der Waals surface area contributed by atoms with Crippen molar-refractivity contribution in [3.05, 3.63) is 23.8 Å². The van der Waals surface area contributed by atoms with Crippen LogP contribution in [0.4, 0.5) is 4.39 Å². The van der Waals surface area contributed by atoms with Crippen LogP contribution in [0.25, 0.3) is 0 Å². The highest BCUT2D eigenvalue weighted by Crippen LogP contribution is 2.36. The zero-order valence-electron chi connectivity index (χ0n) is 11.4. The molecule has 0 amide bonds. The zero-order valence-corrected chi connectivity index (χ0v) is 11.4. The van der Waals surface area contributed by atoms with Crippen molar-refractivity contribution in [3.8, 4) is 11.5 Å². The molecule has 0 aliphatic carbocycles. The SMILES string of the molecule is CCOC(=O)C(F)C(C)(O)c1ccc2c(c1)OCCO2. The predicted octanol–water partition coefficient (Wildman–Crippen LogP) is 1.57. The van der Waals surface area contributed by atoms with E-state index in [4.69, 9.17) is 9.47 Å². The highest BCUT2D eigenvalue weighted by molar-refractivity contribution is 5.76. The van der Waals surface area contributed by atoms with Crippen molar-refractivity contribution < 1.29 is 28.5 Å². The standard InChI is InChI=1S/C14H17FO5/c1-3-18-13(16)12(15)14(2,17)9-4-5-10-11(8-9)20-7-6-19-10/h4-5,8,12,17H,3,6-7H2,1-2H3. The highest BCUT2D eigenvalue weighted by Gasteiger charge is 2.41. The van der Waals surface area contributed by atoms with E-state index in [1.54, 1.807) is 13.0 Å². The maximum atomic E-state index is 14.1. The monoisotopic (exact) mass is 284 g/mol. The van der Waals surface area contributed by atoms with E-state index in [-0.39, 0.29) is 12.2 Å². The third-order valence-electron chi connectivity index (χ3n) is 3.11. The van der Waals surface area contributed by atoms with E-state index in [1.807, 2.05) is 0 Å². The number of esters is 1. The van der Waals surface area contributed by atoms with Crippen LogP contribution in [0.2, 0.25) is 0 Å². The quantitative estimate of drug-likeness (QED) is 0.850. The van der Waals surface area contributed by atoms with E-state index in [0.29, 0.717) is 24.7 Å². The van der Waals surface area contributed by atoms with Gasteiger partial charge in [0.05, 0.1) is 6.61 Å². The lowest BCUT2D eigenvalue weighted by atomic mass is 9.90. The third-order valence-corrected chi connectivity index (χ3v) is 3.11. The molecule has 0 aromatic heterocycles. The van der Waals surface area contributed by atoms with Gasteiger partial charge in [-0.1, -0.05) is 6.07 Å². The van der Waals surface area contributed by atoms with Gasteiger partial charge in [-0.15, -0.1) is 0 Å². The molecule has 1 aromatic carbocycles. The predicted molar refractivity (Wildman–Crippen MR) is 68.5 cm³/mol. The minimum atomic E-state index is -2.18. The van der Waals surface area contributed by atoms with Crippen molar-refractivity contribution in [2.75, 3.05) is 19.8 Å². The zero-order chi connectivity index (χ0) is 14.8. The Balaban J connectivity index is 2.26. The van der Waals surface area contributed by atoms with Crippen LogP contribution >= 0.6 is 0 Å². The summed E-state index contributed by atoms with van der Waals surface area (Å²) < 4.78 is 29.4. The molecule has 0 fully saturated rings. The van der Waals surface area contributed by atoms with Crippen LogP contribution < -0.4 is 9.47 Å². The number of hydrogen-bond donors (Lipinski definition) is 1. The van der Waals surface area contributed by atoms with E-state index in [9.17, 15) is 14.3 Å². The number of benzene rings is 1. The number of rotatable bonds is 4. The Morgan fingerprint density at radius 2 is 2.10 bits per heavy atom. The lowest BCUT2D eigenvalue weighted by Crippen LogP contribution is -2.40. The number of aliphatic hydroxyl groups is 1. The number of ether oxygens (including phenoxy) is 3. The first-order valence-corrected chi connectivity index (χ1v) is 6.40. The van der Waals surface area contributed by atoms with Crippen molar-refractivity contribution in [2.45, 2.75) is 25.6 Å². The van der Waals surface area contributed by atoms with E-state index in [2.05, 4.69) is 4.74 Å². The van der Waals surface area contributed by atoms with Crippen molar-refractivity contribution in [3.63, 3.8) is 0 Å². The number of carbonyl (C=O) groups excluding carboxylic acids is 1. The molecule has 2 rings (SSSR count). The Morgan fingerprint density at radius 1 is 1.45 bits per heavy atom. The second-order valence-electron chi connectivity index (χ2n) is 4.62. The molecule has 110 valence electrons. The van der Waals surface area contributed by atoms with Gasteiger partial charge in [0.25, 0.3) is 0 Å². The fourth-order valence-electron chi connectivity index (χ4n) is 1.95. The number of fused-ring (bicyclic) bond motifs is 1. The summed E-state index contributed by atoms with van der Waals surface area (Å²) in [5.74, 6) is -0.139. The maximum absolute atomic E-state index is 14.1. The number of hydrogen-bond acceptors (Lipinski definition) is 5. The van der Waals surface area contributed by atoms with Crippen LogP contribution in [0.5, 0.6) is 11.5 Å². The molecule has 5 nitrogen and oxygen atoms in total. The molecule has 0 radical (unpaired) electrons. The molecule has 1 heterocycles. The van der Waals surface area contributed by atoms with E-state index in [1.165, 1.54) is 19.1 Å². The van der Waals surface area contributed by atoms with E-state index < -0.39 is 17.7 Å². The van der Waals surface area contributed by atoms with Crippen LogP contribution in [0.15, 0.2) is 18.2 Å². The molecule has 0 saturated heterocycles. The second kappa shape index (κ2) is 5.66. The lowest BCUT2D eigenvalue weighted by Gasteiger charge is -2.28. The van der Waals surface area contributed by atoms with Crippen LogP contribution in [-0.2, 0) is 15.1 Å². The first-order valence-electron chi connectivity index (χ1n) is 6.40. The topological polar surface area (TPSA) is 65.0 Å². The van der Waals surface area contributed by atoms with Crippen LogP contribution in [-0.4, -0.2) is 37.1 Å². The summed E-state index contributed by atoms with van der Waals surface area (Å²) in [5, 5.41) is 10.3. The van der Waals surface area contributed by atoms with Crippen molar-refractivity contribution in [1.82, 2.24) is 0 Å². The number of halogens is 1. The summed E-state index contributed by atoms with van der Waals surface area (Å²) in [7, 11) is 0. The molecule has 2 atom stereocenters. The van der Waals surface area contributed by atoms with E-state index in [0.717, 1.165) is 0 Å². The molecule has 0 bridgehead atoms. The van der Waals surface area contributed by atoms with Gasteiger partial charge >= 0.3 is 5.97 Å². The minimum Gasteiger partial charge on any atom is -0.486 e. The molecular weight excluding hydrogens is 267 g/mol. The largest absolute Gasteiger partial charge is 0.486 e. The van der Waals surface area contributed by atoms with Crippen LogP contribution in [0.1, 0.15) is 19.4 Å². The third kappa shape index (κ3) is 2.70. The fraction of sp³-hybridized carbons (Fsp3) is 0.500. The molecule has 1 aliphatic heterocycles. The Bertz CT molecular complexity index is 500. The average Bonchev–Trinajstić information content (AvgIpc) is 2.46. The highest BCUT2D eigenvalue weighted by atomic mass is 19.1. The Labute approximate surface area is 116 Å². The van der Waals surface area contributed by atoms with Gasteiger partial charge < -0.3 is 19.3 Å². The van der Waals surface area contributed by atoms with Gasteiger partial charge in [0.1, 0.15) is 18.8 Å².